The van der Waals surface area contributed by atoms with Crippen molar-refractivity contribution in [1.82, 2.24) is 20.2 Å². The maximum atomic E-state index is 4.44. The summed E-state index contributed by atoms with van der Waals surface area (Å²) >= 11 is 0. The Bertz CT molecular complexity index is 788. The molecule has 0 aliphatic heterocycles. The van der Waals surface area contributed by atoms with Gasteiger partial charge < -0.3 is 10.6 Å². The molecule has 0 aliphatic carbocycles. The van der Waals surface area contributed by atoms with Gasteiger partial charge in [-0.1, -0.05) is 18.2 Å². The van der Waals surface area contributed by atoms with Crippen LogP contribution in [0.4, 0.5) is 17.5 Å². The molecular weight excluding hydrogens is 288 g/mol. The predicted octanol–water partition coefficient (Wildman–Crippen LogP) is 3.24. The van der Waals surface area contributed by atoms with Crippen LogP contribution in [-0.4, -0.2) is 20.2 Å². The van der Waals surface area contributed by atoms with Crippen molar-refractivity contribution in [2.75, 3.05) is 10.6 Å². The van der Waals surface area contributed by atoms with E-state index in [0.717, 1.165) is 16.8 Å². The van der Waals surface area contributed by atoms with Gasteiger partial charge in [0, 0.05) is 24.6 Å². The molecular formula is C17H18N6. The minimum absolute atomic E-state index is 0.467. The van der Waals surface area contributed by atoms with Gasteiger partial charge in [0.2, 0.25) is 5.95 Å². The highest BCUT2D eigenvalue weighted by atomic mass is 15.3. The molecule has 0 aliphatic rings. The molecule has 2 heterocycles. The maximum absolute atomic E-state index is 4.44. The van der Waals surface area contributed by atoms with Crippen LogP contribution in [0.5, 0.6) is 0 Å². The molecule has 0 saturated heterocycles. The fourth-order valence-corrected chi connectivity index (χ4v) is 2.13. The van der Waals surface area contributed by atoms with Crippen molar-refractivity contribution in [2.45, 2.75) is 20.4 Å². The van der Waals surface area contributed by atoms with Crippen molar-refractivity contribution in [3.63, 3.8) is 0 Å². The number of aromatic nitrogens is 4. The van der Waals surface area contributed by atoms with Gasteiger partial charge in [0.05, 0.1) is 6.20 Å². The number of nitrogens with one attached hydrogen (secondary N) is 2. The van der Waals surface area contributed by atoms with Gasteiger partial charge in [0.25, 0.3) is 0 Å². The molecule has 1 aromatic carbocycles. The lowest BCUT2D eigenvalue weighted by Gasteiger charge is -2.10. The largest absolute Gasteiger partial charge is 0.364 e. The summed E-state index contributed by atoms with van der Waals surface area (Å²) < 4.78 is 0. The van der Waals surface area contributed by atoms with E-state index in [1.807, 2.05) is 25.3 Å². The highest BCUT2D eigenvalue weighted by molar-refractivity contribution is 5.59. The van der Waals surface area contributed by atoms with E-state index in [-0.39, 0.29) is 0 Å². The molecule has 0 unspecified atom stereocenters. The summed E-state index contributed by atoms with van der Waals surface area (Å²) in [7, 11) is 0. The van der Waals surface area contributed by atoms with Crippen LogP contribution in [0.15, 0.2) is 48.9 Å². The number of rotatable bonds is 5. The van der Waals surface area contributed by atoms with E-state index in [0.29, 0.717) is 18.3 Å². The Kier molecular flexibility index (Phi) is 4.42. The molecule has 3 aromatic rings. The first-order valence-electron chi connectivity index (χ1n) is 7.37. The van der Waals surface area contributed by atoms with Crippen molar-refractivity contribution in [1.29, 1.82) is 0 Å². The second-order valence-electron chi connectivity index (χ2n) is 5.32. The predicted molar refractivity (Wildman–Crippen MR) is 90.6 cm³/mol. The molecule has 0 fully saturated rings. The third-order valence-corrected chi connectivity index (χ3v) is 3.39. The van der Waals surface area contributed by atoms with Crippen molar-refractivity contribution in [2.24, 2.45) is 0 Å². The van der Waals surface area contributed by atoms with Crippen LogP contribution in [0.2, 0.25) is 0 Å². The number of anilines is 3. The van der Waals surface area contributed by atoms with E-state index in [1.54, 1.807) is 12.4 Å². The van der Waals surface area contributed by atoms with E-state index in [9.17, 15) is 0 Å². The molecule has 0 bridgehead atoms. The van der Waals surface area contributed by atoms with Gasteiger partial charge in [0.15, 0.2) is 5.82 Å². The standard InChI is InChI=1S/C17H18N6/c1-12-5-6-13(2)15(8-12)21-17-22-16(11-20-23-17)19-10-14-4-3-7-18-9-14/h3-9,11H,10H2,1-2H3,(H2,19,21,22,23). The first-order chi connectivity index (χ1) is 11.2. The third-order valence-electron chi connectivity index (χ3n) is 3.39. The Morgan fingerprint density at radius 1 is 1.09 bits per heavy atom. The SMILES string of the molecule is Cc1ccc(C)c(Nc2nncc(NCc3cccnc3)n2)c1. The quantitative estimate of drug-likeness (QED) is 0.753. The second kappa shape index (κ2) is 6.83. The summed E-state index contributed by atoms with van der Waals surface area (Å²) in [5.41, 5.74) is 4.37. The molecule has 116 valence electrons. The summed E-state index contributed by atoms with van der Waals surface area (Å²) in [6.45, 7) is 4.73. The lowest BCUT2D eigenvalue weighted by atomic mass is 10.1. The lowest BCUT2D eigenvalue weighted by molar-refractivity contribution is 0.963. The molecule has 0 amide bonds. The highest BCUT2D eigenvalue weighted by Crippen LogP contribution is 2.19. The van der Waals surface area contributed by atoms with E-state index in [2.05, 4.69) is 55.9 Å². The Morgan fingerprint density at radius 3 is 2.83 bits per heavy atom. The van der Waals surface area contributed by atoms with Crippen LogP contribution in [0.1, 0.15) is 16.7 Å². The number of nitrogens with zero attached hydrogens (tertiary/aromatic N) is 4. The zero-order valence-corrected chi connectivity index (χ0v) is 13.1. The number of hydrogen-bond acceptors (Lipinski definition) is 6. The minimum atomic E-state index is 0.467. The molecule has 0 saturated carbocycles. The Balaban J connectivity index is 1.71. The van der Waals surface area contributed by atoms with Gasteiger partial charge in [-0.15, -0.1) is 5.10 Å². The molecule has 3 rings (SSSR count). The van der Waals surface area contributed by atoms with Crippen molar-refractivity contribution in [3.05, 3.63) is 65.6 Å². The van der Waals surface area contributed by atoms with Gasteiger partial charge in [-0.05, 0) is 42.7 Å². The molecule has 0 spiro atoms. The maximum Gasteiger partial charge on any atom is 0.249 e. The molecule has 2 N–H and O–H groups in total. The van der Waals surface area contributed by atoms with Gasteiger partial charge >= 0.3 is 0 Å². The van der Waals surface area contributed by atoms with Gasteiger partial charge in [0.1, 0.15) is 0 Å². The van der Waals surface area contributed by atoms with Gasteiger partial charge in [-0.2, -0.15) is 10.1 Å². The molecule has 23 heavy (non-hydrogen) atoms. The van der Waals surface area contributed by atoms with Gasteiger partial charge in [-0.25, -0.2) is 0 Å². The number of benzene rings is 1. The Morgan fingerprint density at radius 2 is 2.00 bits per heavy atom. The fourth-order valence-electron chi connectivity index (χ4n) is 2.13. The monoisotopic (exact) mass is 306 g/mol. The normalized spacial score (nSPS) is 10.3. The second-order valence-corrected chi connectivity index (χ2v) is 5.32. The zero-order chi connectivity index (χ0) is 16.1. The molecule has 6 heteroatoms. The van der Waals surface area contributed by atoms with Crippen LogP contribution < -0.4 is 10.6 Å². The highest BCUT2D eigenvalue weighted by Gasteiger charge is 2.04. The molecule has 2 aromatic heterocycles. The van der Waals surface area contributed by atoms with Crippen LogP contribution in [0, 0.1) is 13.8 Å². The minimum Gasteiger partial charge on any atom is -0.364 e. The molecule has 0 radical (unpaired) electrons. The van der Waals surface area contributed by atoms with Crippen LogP contribution in [0.3, 0.4) is 0 Å². The van der Waals surface area contributed by atoms with Crippen molar-refractivity contribution in [3.8, 4) is 0 Å². The smallest absolute Gasteiger partial charge is 0.249 e. The summed E-state index contributed by atoms with van der Waals surface area (Å²) in [6.07, 6.45) is 5.17. The van der Waals surface area contributed by atoms with E-state index in [1.165, 1.54) is 5.56 Å². The van der Waals surface area contributed by atoms with Crippen molar-refractivity contribution < 1.29 is 0 Å². The average molecular weight is 306 g/mol. The lowest BCUT2D eigenvalue weighted by Crippen LogP contribution is -2.06. The summed E-state index contributed by atoms with van der Waals surface area (Å²) in [5, 5.41) is 14.5. The molecule has 6 nitrogen and oxygen atoms in total. The van der Waals surface area contributed by atoms with E-state index < -0.39 is 0 Å². The van der Waals surface area contributed by atoms with Crippen LogP contribution in [0.25, 0.3) is 0 Å². The number of pyridine rings is 1. The number of aryl methyl sites for hydroxylation is 2. The first kappa shape index (κ1) is 14.9. The topological polar surface area (TPSA) is 75.6 Å². The molecule has 0 atom stereocenters. The van der Waals surface area contributed by atoms with Crippen molar-refractivity contribution >= 4 is 17.5 Å². The van der Waals surface area contributed by atoms with Crippen LogP contribution >= 0.6 is 0 Å². The van der Waals surface area contributed by atoms with Gasteiger partial charge in [-0.3, -0.25) is 4.98 Å². The van der Waals surface area contributed by atoms with E-state index in [4.69, 9.17) is 0 Å². The number of hydrogen-bond donors (Lipinski definition) is 2. The summed E-state index contributed by atoms with van der Waals surface area (Å²) in [6, 6.07) is 10.1. The fraction of sp³-hybridized carbons (Fsp3) is 0.176. The summed E-state index contributed by atoms with van der Waals surface area (Å²) in [4.78, 5) is 8.53. The van der Waals surface area contributed by atoms with Crippen LogP contribution in [-0.2, 0) is 6.54 Å². The Labute approximate surface area is 135 Å². The Hall–Kier alpha value is -3.02. The zero-order valence-electron chi connectivity index (χ0n) is 13.1. The first-order valence-corrected chi connectivity index (χ1v) is 7.37. The summed E-state index contributed by atoms with van der Waals surface area (Å²) in [5.74, 6) is 1.13. The average Bonchev–Trinajstić information content (AvgIpc) is 2.58. The van der Waals surface area contributed by atoms with E-state index >= 15 is 0 Å². The third kappa shape index (κ3) is 4.00.